The van der Waals surface area contributed by atoms with E-state index in [-0.39, 0.29) is 6.54 Å². The third kappa shape index (κ3) is 2.20. The van der Waals surface area contributed by atoms with E-state index in [1.165, 1.54) is 6.92 Å². The van der Waals surface area contributed by atoms with Crippen molar-refractivity contribution in [3.8, 4) is 5.75 Å². The van der Waals surface area contributed by atoms with E-state index in [4.69, 9.17) is 5.11 Å². The Morgan fingerprint density at radius 2 is 2.27 bits per heavy atom. The molecule has 0 amide bonds. The summed E-state index contributed by atoms with van der Waals surface area (Å²) in [5.41, 5.74) is -1.02. The number of hydrogen-bond acceptors (Lipinski definition) is 3. The SMILES string of the molecule is CCn1nc(C(F)F)c(OC(=O)O)c1F. The van der Waals surface area contributed by atoms with Gasteiger partial charge in [0, 0.05) is 6.54 Å². The molecule has 0 aliphatic heterocycles. The highest BCUT2D eigenvalue weighted by molar-refractivity contribution is 5.61. The van der Waals surface area contributed by atoms with Crippen LogP contribution in [-0.4, -0.2) is 21.0 Å². The van der Waals surface area contributed by atoms with Gasteiger partial charge in [0.05, 0.1) is 0 Å². The summed E-state index contributed by atoms with van der Waals surface area (Å²) in [5.74, 6) is -2.27. The van der Waals surface area contributed by atoms with Crippen molar-refractivity contribution in [1.29, 1.82) is 0 Å². The Morgan fingerprint density at radius 3 is 2.67 bits per heavy atom. The van der Waals surface area contributed by atoms with Crippen LogP contribution in [0.25, 0.3) is 0 Å². The number of carbonyl (C=O) groups is 1. The van der Waals surface area contributed by atoms with Crippen LogP contribution in [0.4, 0.5) is 18.0 Å². The summed E-state index contributed by atoms with van der Waals surface area (Å²) in [5, 5.41) is 11.4. The second-order valence-electron chi connectivity index (χ2n) is 2.49. The van der Waals surface area contributed by atoms with E-state index in [0.29, 0.717) is 4.68 Å². The van der Waals surface area contributed by atoms with Crippen molar-refractivity contribution in [2.24, 2.45) is 0 Å². The van der Waals surface area contributed by atoms with Crippen molar-refractivity contribution in [1.82, 2.24) is 9.78 Å². The lowest BCUT2D eigenvalue weighted by molar-refractivity contribution is 0.128. The molecule has 15 heavy (non-hydrogen) atoms. The van der Waals surface area contributed by atoms with Crippen LogP contribution in [0.15, 0.2) is 0 Å². The number of aromatic nitrogens is 2. The molecule has 0 aliphatic rings. The molecule has 5 nitrogen and oxygen atoms in total. The standard InChI is InChI=1S/C7H7F3N2O3/c1-2-12-6(10)4(15-7(13)14)3(11-12)5(8)9/h5H,2H2,1H3,(H,13,14). The van der Waals surface area contributed by atoms with Gasteiger partial charge in [-0.3, -0.25) is 0 Å². The summed E-state index contributed by atoms with van der Waals surface area (Å²) in [6.07, 6.45) is -4.96. The molecule has 0 aromatic carbocycles. The monoisotopic (exact) mass is 224 g/mol. The quantitative estimate of drug-likeness (QED) is 0.798. The van der Waals surface area contributed by atoms with Gasteiger partial charge < -0.3 is 9.84 Å². The molecule has 0 saturated carbocycles. The van der Waals surface area contributed by atoms with Crippen LogP contribution in [0.3, 0.4) is 0 Å². The third-order valence-corrected chi connectivity index (χ3v) is 1.57. The molecular weight excluding hydrogens is 217 g/mol. The molecule has 1 aromatic heterocycles. The number of hydrogen-bond donors (Lipinski definition) is 1. The van der Waals surface area contributed by atoms with E-state index in [1.54, 1.807) is 0 Å². The number of halogens is 3. The van der Waals surface area contributed by atoms with Crippen LogP contribution in [0, 0.1) is 5.95 Å². The van der Waals surface area contributed by atoms with E-state index >= 15 is 0 Å². The highest BCUT2D eigenvalue weighted by Crippen LogP contribution is 2.30. The Hall–Kier alpha value is -1.73. The maximum absolute atomic E-state index is 13.2. The fourth-order valence-electron chi connectivity index (χ4n) is 0.976. The number of rotatable bonds is 3. The average Bonchev–Trinajstić information content (AvgIpc) is 2.43. The second-order valence-corrected chi connectivity index (χ2v) is 2.49. The molecule has 0 atom stereocenters. The molecule has 0 radical (unpaired) electrons. The first-order valence-corrected chi connectivity index (χ1v) is 3.92. The van der Waals surface area contributed by atoms with Crippen LogP contribution in [0.5, 0.6) is 5.75 Å². The van der Waals surface area contributed by atoms with Crippen LogP contribution < -0.4 is 4.74 Å². The first kappa shape index (κ1) is 11.3. The number of alkyl halides is 2. The molecule has 0 bridgehead atoms. The second kappa shape index (κ2) is 4.20. The first-order valence-electron chi connectivity index (χ1n) is 3.92. The van der Waals surface area contributed by atoms with E-state index in [1.807, 2.05) is 0 Å². The lowest BCUT2D eigenvalue weighted by atomic mass is 10.4. The largest absolute Gasteiger partial charge is 0.511 e. The van der Waals surface area contributed by atoms with Gasteiger partial charge in [-0.25, -0.2) is 18.3 Å². The molecule has 1 rings (SSSR count). The van der Waals surface area contributed by atoms with Crippen molar-refractivity contribution < 1.29 is 27.8 Å². The summed E-state index contributed by atoms with van der Waals surface area (Å²) in [4.78, 5) is 10.1. The van der Waals surface area contributed by atoms with Crippen molar-refractivity contribution in [2.75, 3.05) is 0 Å². The van der Waals surface area contributed by atoms with Crippen molar-refractivity contribution in [2.45, 2.75) is 19.9 Å². The topological polar surface area (TPSA) is 64.4 Å². The zero-order chi connectivity index (χ0) is 11.6. The van der Waals surface area contributed by atoms with E-state index in [2.05, 4.69) is 9.84 Å². The number of nitrogens with zero attached hydrogens (tertiary/aromatic N) is 2. The van der Waals surface area contributed by atoms with Gasteiger partial charge in [0.25, 0.3) is 12.4 Å². The highest BCUT2D eigenvalue weighted by Gasteiger charge is 2.27. The maximum atomic E-state index is 13.2. The number of carboxylic acid groups (broad SMARTS) is 1. The summed E-state index contributed by atoms with van der Waals surface area (Å²) in [7, 11) is 0. The van der Waals surface area contributed by atoms with E-state index in [0.717, 1.165) is 0 Å². The van der Waals surface area contributed by atoms with Crippen LogP contribution in [-0.2, 0) is 6.54 Å². The van der Waals surface area contributed by atoms with Gasteiger partial charge in [0.1, 0.15) is 0 Å². The number of aryl methyl sites for hydroxylation is 1. The van der Waals surface area contributed by atoms with E-state index in [9.17, 15) is 18.0 Å². The summed E-state index contributed by atoms with van der Waals surface area (Å²) in [6, 6.07) is 0. The highest BCUT2D eigenvalue weighted by atomic mass is 19.3. The number of ether oxygens (including phenoxy) is 1. The molecule has 0 fully saturated rings. The predicted octanol–water partition coefficient (Wildman–Crippen LogP) is 2.04. The molecule has 1 heterocycles. The summed E-state index contributed by atoms with van der Waals surface area (Å²) >= 11 is 0. The molecule has 0 aliphatic carbocycles. The Morgan fingerprint density at radius 1 is 1.67 bits per heavy atom. The third-order valence-electron chi connectivity index (χ3n) is 1.57. The fourth-order valence-corrected chi connectivity index (χ4v) is 0.976. The van der Waals surface area contributed by atoms with Crippen LogP contribution >= 0.6 is 0 Å². The molecule has 84 valence electrons. The van der Waals surface area contributed by atoms with Gasteiger partial charge >= 0.3 is 6.16 Å². The zero-order valence-corrected chi connectivity index (χ0v) is 7.58. The average molecular weight is 224 g/mol. The lowest BCUT2D eigenvalue weighted by Gasteiger charge is -1.98. The Balaban J connectivity index is 3.19. The minimum atomic E-state index is -3.10. The van der Waals surface area contributed by atoms with Crippen molar-refractivity contribution >= 4 is 6.16 Å². The maximum Gasteiger partial charge on any atom is 0.511 e. The van der Waals surface area contributed by atoms with Gasteiger partial charge in [-0.1, -0.05) is 0 Å². The van der Waals surface area contributed by atoms with Crippen molar-refractivity contribution in [3.05, 3.63) is 11.6 Å². The fraction of sp³-hybridized carbons (Fsp3) is 0.429. The predicted molar refractivity (Wildman–Crippen MR) is 41.5 cm³/mol. The van der Waals surface area contributed by atoms with Crippen LogP contribution in [0.2, 0.25) is 0 Å². The molecule has 0 spiro atoms. The van der Waals surface area contributed by atoms with Gasteiger partial charge in [0.2, 0.25) is 5.75 Å². The first-order chi connectivity index (χ1) is 6.97. The van der Waals surface area contributed by atoms with Gasteiger partial charge in [-0.05, 0) is 6.92 Å². The zero-order valence-electron chi connectivity index (χ0n) is 7.58. The Labute approximate surface area is 82.1 Å². The Kier molecular flexibility index (Phi) is 3.17. The molecule has 8 heteroatoms. The van der Waals surface area contributed by atoms with Gasteiger partial charge in [0.15, 0.2) is 5.69 Å². The summed E-state index contributed by atoms with van der Waals surface area (Å²) in [6.45, 7) is 1.46. The van der Waals surface area contributed by atoms with E-state index < -0.39 is 30.0 Å². The minimum absolute atomic E-state index is 0.00542. The molecule has 0 saturated heterocycles. The molecule has 0 unspecified atom stereocenters. The molecular formula is C7H7F3N2O3. The van der Waals surface area contributed by atoms with Crippen LogP contribution in [0.1, 0.15) is 19.0 Å². The van der Waals surface area contributed by atoms with Crippen molar-refractivity contribution in [3.63, 3.8) is 0 Å². The van der Waals surface area contributed by atoms with Gasteiger partial charge in [-0.15, -0.1) is 0 Å². The lowest BCUT2D eigenvalue weighted by Crippen LogP contribution is -2.06. The smallest absolute Gasteiger partial charge is 0.449 e. The van der Waals surface area contributed by atoms with Gasteiger partial charge in [-0.2, -0.15) is 9.49 Å². The molecule has 1 N–H and O–H groups in total. The Bertz CT molecular complexity index is 378. The minimum Gasteiger partial charge on any atom is -0.449 e. The summed E-state index contributed by atoms with van der Waals surface area (Å²) < 4.78 is 42.3. The molecule has 1 aromatic rings. The normalized spacial score (nSPS) is 10.7.